The van der Waals surface area contributed by atoms with Crippen LogP contribution in [0.3, 0.4) is 0 Å². The summed E-state index contributed by atoms with van der Waals surface area (Å²) < 4.78 is 10.5. The van der Waals surface area contributed by atoms with Gasteiger partial charge in [-0.05, 0) is 43.5 Å². The molecule has 0 aliphatic carbocycles. The van der Waals surface area contributed by atoms with Crippen LogP contribution < -0.4 is 0 Å². The molecule has 1 aromatic carbocycles. The molecular formula is C20H21NO6. The molecule has 142 valence electrons. The number of hydrogen-bond acceptors (Lipinski definition) is 5. The van der Waals surface area contributed by atoms with Crippen LogP contribution in [0.5, 0.6) is 0 Å². The number of methoxy groups -OCH3 is 1. The van der Waals surface area contributed by atoms with Crippen molar-refractivity contribution in [1.29, 1.82) is 0 Å². The van der Waals surface area contributed by atoms with E-state index < -0.39 is 11.9 Å². The number of aromatic carboxylic acids is 1. The number of carboxylic acids is 1. The molecule has 2 aliphatic heterocycles. The molecule has 1 unspecified atom stereocenters. The Morgan fingerprint density at radius 3 is 2.59 bits per heavy atom. The first-order chi connectivity index (χ1) is 12.9. The third-order valence-electron chi connectivity index (χ3n) is 4.78. The highest BCUT2D eigenvalue weighted by molar-refractivity contribution is 6.16. The van der Waals surface area contributed by atoms with Gasteiger partial charge >= 0.3 is 11.9 Å². The molecule has 0 saturated carbocycles. The molecule has 1 fully saturated rings. The highest BCUT2D eigenvalue weighted by Crippen LogP contribution is 2.32. The summed E-state index contributed by atoms with van der Waals surface area (Å²) >= 11 is 0. The van der Waals surface area contributed by atoms with Crippen molar-refractivity contribution in [3.8, 4) is 0 Å². The maximum Gasteiger partial charge on any atom is 0.340 e. The van der Waals surface area contributed by atoms with Gasteiger partial charge in [-0.2, -0.15) is 0 Å². The molecule has 2 aliphatic rings. The summed E-state index contributed by atoms with van der Waals surface area (Å²) in [5.41, 5.74) is 1.77. The van der Waals surface area contributed by atoms with Crippen LogP contribution in [-0.2, 0) is 19.1 Å². The standard InChI is InChI=1S/C20H21NO6/c1-12-17(20(25)26-2)16(10-13-5-7-14(8-6-13)19(23)24)18(22)21(12)11-15-4-3-9-27-15/h5-8,10,15H,3-4,9,11H2,1-2H3,(H,23,24)/b16-10-. The Labute approximate surface area is 156 Å². The van der Waals surface area contributed by atoms with Crippen LogP contribution in [0.15, 0.2) is 41.1 Å². The van der Waals surface area contributed by atoms with Crippen molar-refractivity contribution in [3.63, 3.8) is 0 Å². The molecule has 1 amide bonds. The zero-order valence-electron chi connectivity index (χ0n) is 15.2. The maximum atomic E-state index is 13.0. The lowest BCUT2D eigenvalue weighted by molar-refractivity contribution is -0.136. The molecule has 1 atom stereocenters. The largest absolute Gasteiger partial charge is 0.478 e. The maximum absolute atomic E-state index is 13.0. The number of esters is 1. The first-order valence-electron chi connectivity index (χ1n) is 8.70. The van der Waals surface area contributed by atoms with E-state index in [1.165, 1.54) is 19.2 Å². The van der Waals surface area contributed by atoms with Gasteiger partial charge in [0.15, 0.2) is 0 Å². The molecule has 0 radical (unpaired) electrons. The molecule has 3 rings (SSSR count). The summed E-state index contributed by atoms with van der Waals surface area (Å²) in [5, 5.41) is 9.00. The predicted molar refractivity (Wildman–Crippen MR) is 96.8 cm³/mol. The van der Waals surface area contributed by atoms with E-state index in [0.717, 1.165) is 12.8 Å². The average Bonchev–Trinajstić information content (AvgIpc) is 3.25. The lowest BCUT2D eigenvalue weighted by Gasteiger charge is -2.21. The number of nitrogens with zero attached hydrogens (tertiary/aromatic N) is 1. The van der Waals surface area contributed by atoms with E-state index in [4.69, 9.17) is 14.6 Å². The number of ether oxygens (including phenoxy) is 2. The summed E-state index contributed by atoms with van der Waals surface area (Å²) in [4.78, 5) is 37.8. The topological polar surface area (TPSA) is 93.1 Å². The summed E-state index contributed by atoms with van der Waals surface area (Å²) in [6.45, 7) is 2.78. The first kappa shape index (κ1) is 18.8. The number of hydrogen-bond donors (Lipinski definition) is 1. The Bertz CT molecular complexity index is 831. The van der Waals surface area contributed by atoms with Crippen molar-refractivity contribution < 1.29 is 29.0 Å². The van der Waals surface area contributed by atoms with Crippen molar-refractivity contribution >= 4 is 23.9 Å². The van der Waals surface area contributed by atoms with Gasteiger partial charge in [0.25, 0.3) is 5.91 Å². The van der Waals surface area contributed by atoms with E-state index in [2.05, 4.69) is 0 Å². The lowest BCUT2D eigenvalue weighted by Crippen LogP contribution is -2.33. The molecular weight excluding hydrogens is 350 g/mol. The zero-order valence-corrected chi connectivity index (χ0v) is 15.2. The average molecular weight is 371 g/mol. The van der Waals surface area contributed by atoms with Crippen LogP contribution in [0, 0.1) is 0 Å². The molecule has 27 heavy (non-hydrogen) atoms. The number of benzene rings is 1. The van der Waals surface area contributed by atoms with E-state index in [-0.39, 0.29) is 28.7 Å². The molecule has 1 aromatic rings. The minimum atomic E-state index is -1.03. The van der Waals surface area contributed by atoms with E-state index in [9.17, 15) is 14.4 Å². The Morgan fingerprint density at radius 1 is 1.33 bits per heavy atom. The second-order valence-electron chi connectivity index (χ2n) is 6.49. The van der Waals surface area contributed by atoms with Gasteiger partial charge in [0.2, 0.25) is 0 Å². The monoisotopic (exact) mass is 371 g/mol. The number of carbonyl (C=O) groups excluding carboxylic acids is 2. The number of rotatable bonds is 5. The third-order valence-corrected chi connectivity index (χ3v) is 4.78. The second kappa shape index (κ2) is 7.75. The van der Waals surface area contributed by atoms with Crippen molar-refractivity contribution in [2.24, 2.45) is 0 Å². The molecule has 7 nitrogen and oxygen atoms in total. The Kier molecular flexibility index (Phi) is 5.41. The summed E-state index contributed by atoms with van der Waals surface area (Å²) in [7, 11) is 1.27. The quantitative estimate of drug-likeness (QED) is 0.630. The highest BCUT2D eigenvalue weighted by Gasteiger charge is 2.38. The van der Waals surface area contributed by atoms with Crippen LogP contribution in [0.2, 0.25) is 0 Å². The van der Waals surface area contributed by atoms with Gasteiger partial charge in [-0.15, -0.1) is 0 Å². The molecule has 0 bridgehead atoms. The number of allylic oxidation sites excluding steroid dienone is 1. The zero-order chi connectivity index (χ0) is 19.6. The van der Waals surface area contributed by atoms with E-state index in [1.54, 1.807) is 30.0 Å². The van der Waals surface area contributed by atoms with Gasteiger partial charge in [0.1, 0.15) is 0 Å². The number of carboxylic acid groups (broad SMARTS) is 1. The van der Waals surface area contributed by atoms with Gasteiger partial charge in [-0.1, -0.05) is 12.1 Å². The number of carbonyl (C=O) groups is 3. The van der Waals surface area contributed by atoms with Crippen LogP contribution in [0.25, 0.3) is 6.08 Å². The van der Waals surface area contributed by atoms with Crippen molar-refractivity contribution in [2.75, 3.05) is 20.3 Å². The fourth-order valence-corrected chi connectivity index (χ4v) is 3.33. The van der Waals surface area contributed by atoms with Gasteiger partial charge in [0, 0.05) is 12.3 Å². The molecule has 7 heteroatoms. The van der Waals surface area contributed by atoms with Crippen LogP contribution >= 0.6 is 0 Å². The van der Waals surface area contributed by atoms with E-state index in [0.29, 0.717) is 24.4 Å². The van der Waals surface area contributed by atoms with Crippen LogP contribution in [0.4, 0.5) is 0 Å². The first-order valence-corrected chi connectivity index (χ1v) is 8.70. The Morgan fingerprint density at radius 2 is 2.04 bits per heavy atom. The fourth-order valence-electron chi connectivity index (χ4n) is 3.33. The lowest BCUT2D eigenvalue weighted by atomic mass is 10.0. The minimum Gasteiger partial charge on any atom is -0.478 e. The van der Waals surface area contributed by atoms with E-state index in [1.807, 2.05) is 0 Å². The Balaban J connectivity index is 1.95. The van der Waals surface area contributed by atoms with Gasteiger partial charge in [-0.3, -0.25) is 4.79 Å². The summed E-state index contributed by atoms with van der Waals surface area (Å²) in [6.07, 6.45) is 3.37. The van der Waals surface area contributed by atoms with Crippen molar-refractivity contribution in [2.45, 2.75) is 25.9 Å². The fraction of sp³-hybridized carbons (Fsp3) is 0.350. The molecule has 2 heterocycles. The normalized spacial score (nSPS) is 21.3. The SMILES string of the molecule is COC(=O)C1=C(C)N(CC2CCCO2)C(=O)/C1=C\c1ccc(C(=O)O)cc1. The van der Waals surface area contributed by atoms with E-state index >= 15 is 0 Å². The molecule has 0 aromatic heterocycles. The van der Waals surface area contributed by atoms with Crippen molar-refractivity contribution in [3.05, 3.63) is 52.2 Å². The minimum absolute atomic E-state index is 0.0444. The van der Waals surface area contributed by atoms with Gasteiger partial charge in [-0.25, -0.2) is 9.59 Å². The molecule has 1 N–H and O–H groups in total. The number of amides is 1. The summed E-state index contributed by atoms with van der Waals surface area (Å²) in [5.74, 6) is -1.89. The smallest absolute Gasteiger partial charge is 0.340 e. The van der Waals surface area contributed by atoms with Crippen LogP contribution in [0.1, 0.15) is 35.7 Å². The predicted octanol–water partition coefficient (Wildman–Crippen LogP) is 2.24. The third kappa shape index (κ3) is 3.78. The van der Waals surface area contributed by atoms with Crippen LogP contribution in [-0.4, -0.2) is 54.2 Å². The highest BCUT2D eigenvalue weighted by atomic mass is 16.5. The Hall–Kier alpha value is -2.93. The van der Waals surface area contributed by atoms with Gasteiger partial charge in [0.05, 0.1) is 36.5 Å². The van der Waals surface area contributed by atoms with Crippen molar-refractivity contribution in [1.82, 2.24) is 4.90 Å². The second-order valence-corrected chi connectivity index (χ2v) is 6.49. The summed E-state index contributed by atoms with van der Waals surface area (Å²) in [6, 6.07) is 6.09. The van der Waals surface area contributed by atoms with Gasteiger partial charge < -0.3 is 19.5 Å². The molecule has 1 saturated heterocycles. The molecule has 0 spiro atoms.